The first-order chi connectivity index (χ1) is 11.7. The molecule has 2 rings (SSSR count). The number of nitrogens with one attached hydrogen (secondary N) is 1. The first kappa shape index (κ1) is 19.2. The van der Waals surface area contributed by atoms with E-state index in [0.717, 1.165) is 0 Å². The quantitative estimate of drug-likeness (QED) is 0.775. The van der Waals surface area contributed by atoms with Gasteiger partial charge in [-0.3, -0.25) is 9.00 Å². The maximum absolute atomic E-state index is 13.2. The van der Waals surface area contributed by atoms with Crippen LogP contribution >= 0.6 is 11.6 Å². The molecule has 0 spiro atoms. The maximum atomic E-state index is 13.2. The highest BCUT2D eigenvalue weighted by atomic mass is 35.5. The molecule has 0 radical (unpaired) electrons. The summed E-state index contributed by atoms with van der Waals surface area (Å²) in [4.78, 5) is 12.5. The van der Waals surface area contributed by atoms with Gasteiger partial charge in [0.2, 0.25) is 5.91 Å². The highest BCUT2D eigenvalue weighted by Gasteiger charge is 2.35. The summed E-state index contributed by atoms with van der Waals surface area (Å²) < 4.78 is 51.0. The number of halogens is 4. The van der Waals surface area contributed by atoms with Crippen LogP contribution in [0.1, 0.15) is 5.56 Å². The third-order valence-corrected chi connectivity index (χ3v) is 4.38. The Morgan fingerprint density at radius 1 is 1.08 bits per heavy atom. The molecule has 3 nitrogen and oxygen atoms in total. The van der Waals surface area contributed by atoms with Crippen LogP contribution < -0.4 is 5.32 Å². The lowest BCUT2D eigenvalue weighted by Crippen LogP contribution is -2.16. The second-order valence-electron chi connectivity index (χ2n) is 5.03. The zero-order valence-corrected chi connectivity index (χ0v) is 14.5. The Morgan fingerprint density at radius 2 is 1.64 bits per heavy atom. The van der Waals surface area contributed by atoms with Crippen LogP contribution in [0.25, 0.3) is 5.57 Å². The predicted octanol–water partition coefficient (Wildman–Crippen LogP) is 4.66. The molecule has 25 heavy (non-hydrogen) atoms. The zero-order valence-electron chi connectivity index (χ0n) is 12.9. The fourth-order valence-electron chi connectivity index (χ4n) is 2.00. The van der Waals surface area contributed by atoms with Gasteiger partial charge < -0.3 is 5.32 Å². The van der Waals surface area contributed by atoms with E-state index in [4.69, 9.17) is 11.6 Å². The average Bonchev–Trinajstić information content (AvgIpc) is 2.53. The summed E-state index contributed by atoms with van der Waals surface area (Å²) in [6.45, 7) is 0. The normalized spacial score (nSPS) is 13.4. The number of hydrogen-bond donors (Lipinski definition) is 1. The van der Waals surface area contributed by atoms with Crippen molar-refractivity contribution >= 4 is 39.6 Å². The Balaban J connectivity index is 2.25. The standard InChI is InChI=1S/C17H13ClF3NO2S/c1-25(24)14-8-6-13(7-9-14)22-16(23)10-15(17(19,20)21)11-2-4-12(18)5-3-11/h2-10H,1H3,(H,22,23)/b15-10-. The van der Waals surface area contributed by atoms with E-state index in [2.05, 4.69) is 5.32 Å². The summed E-state index contributed by atoms with van der Waals surface area (Å²) in [5.41, 5.74) is -0.940. The summed E-state index contributed by atoms with van der Waals surface area (Å²) in [6, 6.07) is 11.0. The molecule has 2 aromatic carbocycles. The molecule has 0 aromatic heterocycles. The van der Waals surface area contributed by atoms with Crippen LogP contribution in [0.4, 0.5) is 18.9 Å². The Kier molecular flexibility index (Phi) is 6.02. The molecule has 0 aliphatic rings. The lowest BCUT2D eigenvalue weighted by molar-refractivity contribution is -0.112. The molecule has 0 aliphatic heterocycles. The van der Waals surface area contributed by atoms with E-state index < -0.39 is 28.5 Å². The van der Waals surface area contributed by atoms with Gasteiger partial charge in [-0.2, -0.15) is 13.2 Å². The highest BCUT2D eigenvalue weighted by Crippen LogP contribution is 2.34. The van der Waals surface area contributed by atoms with Crippen molar-refractivity contribution in [1.29, 1.82) is 0 Å². The molecule has 0 saturated heterocycles. The number of benzene rings is 2. The molecule has 0 aliphatic carbocycles. The number of rotatable bonds is 4. The van der Waals surface area contributed by atoms with Crippen molar-refractivity contribution in [2.45, 2.75) is 11.1 Å². The lowest BCUT2D eigenvalue weighted by atomic mass is 10.1. The van der Waals surface area contributed by atoms with E-state index in [1.165, 1.54) is 54.8 Å². The third kappa shape index (κ3) is 5.44. The number of amides is 1. The van der Waals surface area contributed by atoms with Crippen LogP contribution in [0.5, 0.6) is 0 Å². The number of allylic oxidation sites excluding steroid dienone is 1. The van der Waals surface area contributed by atoms with Crippen LogP contribution in [0.2, 0.25) is 5.02 Å². The smallest absolute Gasteiger partial charge is 0.322 e. The van der Waals surface area contributed by atoms with Gasteiger partial charge in [0.05, 0.1) is 5.57 Å². The molecule has 1 N–H and O–H groups in total. The van der Waals surface area contributed by atoms with Crippen molar-refractivity contribution in [3.8, 4) is 0 Å². The molecule has 8 heteroatoms. The topological polar surface area (TPSA) is 46.2 Å². The van der Waals surface area contributed by atoms with Gasteiger partial charge in [0.15, 0.2) is 0 Å². The van der Waals surface area contributed by atoms with E-state index in [-0.39, 0.29) is 5.56 Å². The molecule has 0 heterocycles. The molecule has 132 valence electrons. The minimum atomic E-state index is -4.70. The minimum Gasteiger partial charge on any atom is -0.322 e. The summed E-state index contributed by atoms with van der Waals surface area (Å²) in [6.07, 6.45) is -2.71. The highest BCUT2D eigenvalue weighted by molar-refractivity contribution is 7.84. The van der Waals surface area contributed by atoms with Gasteiger partial charge in [0, 0.05) is 38.7 Å². The van der Waals surface area contributed by atoms with E-state index in [0.29, 0.717) is 21.7 Å². The Morgan fingerprint density at radius 3 is 2.12 bits per heavy atom. The van der Waals surface area contributed by atoms with E-state index in [1.54, 1.807) is 0 Å². The van der Waals surface area contributed by atoms with Crippen molar-refractivity contribution < 1.29 is 22.2 Å². The summed E-state index contributed by atoms with van der Waals surface area (Å²) >= 11 is 5.68. The molecule has 0 bridgehead atoms. The molecular weight excluding hydrogens is 375 g/mol. The van der Waals surface area contributed by atoms with Gasteiger partial charge in [0.25, 0.3) is 0 Å². The van der Waals surface area contributed by atoms with Gasteiger partial charge in [-0.15, -0.1) is 0 Å². The van der Waals surface area contributed by atoms with Gasteiger partial charge in [-0.05, 0) is 42.0 Å². The van der Waals surface area contributed by atoms with Crippen LogP contribution in [-0.2, 0) is 15.6 Å². The zero-order chi connectivity index (χ0) is 18.6. The van der Waals surface area contributed by atoms with Crippen molar-refractivity contribution in [3.05, 3.63) is 65.2 Å². The predicted molar refractivity (Wildman–Crippen MR) is 92.9 cm³/mol. The molecule has 0 fully saturated rings. The van der Waals surface area contributed by atoms with E-state index >= 15 is 0 Å². The third-order valence-electron chi connectivity index (χ3n) is 3.19. The van der Waals surface area contributed by atoms with Crippen LogP contribution in [0.3, 0.4) is 0 Å². The monoisotopic (exact) mass is 387 g/mol. The fourth-order valence-corrected chi connectivity index (χ4v) is 2.64. The molecular formula is C17H13ClF3NO2S. The summed E-state index contributed by atoms with van der Waals surface area (Å²) in [5, 5.41) is 2.65. The van der Waals surface area contributed by atoms with Crippen LogP contribution in [0.15, 0.2) is 59.5 Å². The SMILES string of the molecule is CS(=O)c1ccc(NC(=O)/C=C(/c2ccc(Cl)cc2)C(F)(F)F)cc1. The van der Waals surface area contributed by atoms with Gasteiger partial charge >= 0.3 is 6.18 Å². The van der Waals surface area contributed by atoms with Crippen molar-refractivity contribution in [2.75, 3.05) is 11.6 Å². The van der Waals surface area contributed by atoms with E-state index in [1.807, 2.05) is 0 Å². The largest absolute Gasteiger partial charge is 0.417 e. The number of alkyl halides is 3. The molecule has 2 aromatic rings. The van der Waals surface area contributed by atoms with Gasteiger partial charge in [-0.25, -0.2) is 0 Å². The maximum Gasteiger partial charge on any atom is 0.417 e. The number of anilines is 1. The molecule has 1 amide bonds. The van der Waals surface area contributed by atoms with Crippen LogP contribution in [0, 0.1) is 0 Å². The number of carbonyl (C=O) groups is 1. The lowest BCUT2D eigenvalue weighted by Gasteiger charge is -2.12. The second-order valence-corrected chi connectivity index (χ2v) is 6.85. The number of carbonyl (C=O) groups excluding carboxylic acids is 1. The second kappa shape index (κ2) is 7.84. The van der Waals surface area contributed by atoms with Gasteiger partial charge in [0.1, 0.15) is 0 Å². The average molecular weight is 388 g/mol. The summed E-state index contributed by atoms with van der Waals surface area (Å²) in [5.74, 6) is -0.923. The molecule has 0 saturated carbocycles. The van der Waals surface area contributed by atoms with Gasteiger partial charge in [-0.1, -0.05) is 23.7 Å². The summed E-state index contributed by atoms with van der Waals surface area (Å²) in [7, 11) is -1.18. The Labute approximate surface area is 150 Å². The van der Waals surface area contributed by atoms with E-state index in [9.17, 15) is 22.2 Å². The first-order valence-electron chi connectivity index (χ1n) is 6.96. The molecule has 1 atom stereocenters. The first-order valence-corrected chi connectivity index (χ1v) is 8.90. The Hall–Kier alpha value is -2.12. The van der Waals surface area contributed by atoms with Crippen molar-refractivity contribution in [2.24, 2.45) is 0 Å². The fraction of sp³-hybridized carbons (Fsp3) is 0.118. The van der Waals surface area contributed by atoms with Crippen LogP contribution in [-0.4, -0.2) is 22.5 Å². The van der Waals surface area contributed by atoms with Crippen molar-refractivity contribution in [1.82, 2.24) is 0 Å². The minimum absolute atomic E-state index is 0.163. The molecule has 1 unspecified atom stereocenters. The van der Waals surface area contributed by atoms with Crippen molar-refractivity contribution in [3.63, 3.8) is 0 Å². The number of hydrogen-bond acceptors (Lipinski definition) is 2. The Bertz CT molecular complexity index is 815.